The van der Waals surface area contributed by atoms with E-state index in [0.717, 1.165) is 35.2 Å². The molecule has 6 nitrogen and oxygen atoms in total. The molecule has 0 spiro atoms. The quantitative estimate of drug-likeness (QED) is 0.738. The van der Waals surface area contributed by atoms with E-state index < -0.39 is 0 Å². The molecule has 4 rings (SSSR count). The lowest BCUT2D eigenvalue weighted by atomic mass is 10.0. The molecule has 1 N–H and O–H groups in total. The molecule has 1 aromatic heterocycles. The zero-order valence-corrected chi connectivity index (χ0v) is 16.2. The van der Waals surface area contributed by atoms with Crippen molar-refractivity contribution in [2.75, 3.05) is 18.4 Å². The second-order valence-corrected chi connectivity index (χ2v) is 7.44. The van der Waals surface area contributed by atoms with Crippen molar-refractivity contribution in [3.8, 4) is 0 Å². The summed E-state index contributed by atoms with van der Waals surface area (Å²) in [7, 11) is 0. The van der Waals surface area contributed by atoms with Crippen molar-refractivity contribution in [2.45, 2.75) is 32.7 Å². The molecule has 2 amide bonds. The zero-order chi connectivity index (χ0) is 19.7. The highest BCUT2D eigenvalue weighted by molar-refractivity contribution is 5.90. The summed E-state index contributed by atoms with van der Waals surface area (Å²) in [6.45, 7) is 5.17. The number of piperidine rings is 1. The van der Waals surface area contributed by atoms with Crippen LogP contribution in [-0.2, 0) is 0 Å². The van der Waals surface area contributed by atoms with Crippen LogP contribution in [0.25, 0.3) is 10.9 Å². The van der Waals surface area contributed by atoms with Crippen LogP contribution in [0.15, 0.2) is 53.6 Å². The number of carbonyl (C=O) groups excluding carboxylic acids is 1. The summed E-state index contributed by atoms with van der Waals surface area (Å²) in [5.74, 6) is 0. The number of amides is 2. The van der Waals surface area contributed by atoms with Crippen molar-refractivity contribution >= 4 is 22.6 Å². The third-order valence-electron chi connectivity index (χ3n) is 5.47. The minimum Gasteiger partial charge on any atom is -0.324 e. The largest absolute Gasteiger partial charge is 0.324 e. The average Bonchev–Trinajstić information content (AvgIpc) is 2.70. The first-order chi connectivity index (χ1) is 13.5. The van der Waals surface area contributed by atoms with Crippen LogP contribution in [0.5, 0.6) is 0 Å². The maximum absolute atomic E-state index is 12.9. The Morgan fingerprint density at radius 2 is 1.86 bits per heavy atom. The van der Waals surface area contributed by atoms with E-state index in [-0.39, 0.29) is 17.6 Å². The first kappa shape index (κ1) is 18.2. The lowest BCUT2D eigenvalue weighted by Crippen LogP contribution is -2.42. The molecule has 0 aliphatic carbocycles. The molecule has 28 heavy (non-hydrogen) atoms. The Balaban J connectivity index is 1.46. The summed E-state index contributed by atoms with van der Waals surface area (Å²) < 4.78 is 1.73. The molecule has 0 radical (unpaired) electrons. The van der Waals surface area contributed by atoms with Crippen molar-refractivity contribution < 1.29 is 4.79 Å². The van der Waals surface area contributed by atoms with Gasteiger partial charge in [0.05, 0.1) is 17.2 Å². The van der Waals surface area contributed by atoms with Crippen LogP contribution in [0.1, 0.15) is 30.0 Å². The molecule has 6 heteroatoms. The number of aromatic nitrogens is 2. The van der Waals surface area contributed by atoms with Crippen LogP contribution in [0, 0.1) is 13.8 Å². The fraction of sp³-hybridized carbons (Fsp3) is 0.318. The lowest BCUT2D eigenvalue weighted by Gasteiger charge is -2.33. The van der Waals surface area contributed by atoms with E-state index in [4.69, 9.17) is 0 Å². The molecule has 0 bridgehead atoms. The van der Waals surface area contributed by atoms with Gasteiger partial charge in [0.2, 0.25) is 0 Å². The van der Waals surface area contributed by atoms with Crippen molar-refractivity contribution in [2.24, 2.45) is 0 Å². The van der Waals surface area contributed by atoms with Crippen LogP contribution in [-0.4, -0.2) is 33.6 Å². The molecule has 1 aliphatic rings. The molecular formula is C22H24N4O2. The van der Waals surface area contributed by atoms with Crippen LogP contribution < -0.4 is 10.9 Å². The number of aryl methyl sites for hydroxylation is 2. The fourth-order valence-electron chi connectivity index (χ4n) is 3.76. The number of hydrogen-bond donors (Lipinski definition) is 1. The van der Waals surface area contributed by atoms with Gasteiger partial charge in [-0.1, -0.05) is 29.8 Å². The van der Waals surface area contributed by atoms with Gasteiger partial charge in [-0.15, -0.1) is 0 Å². The van der Waals surface area contributed by atoms with Gasteiger partial charge < -0.3 is 10.2 Å². The highest BCUT2D eigenvalue weighted by Crippen LogP contribution is 2.23. The minimum absolute atomic E-state index is 0.00323. The number of hydrogen-bond acceptors (Lipinski definition) is 3. The number of nitrogens with one attached hydrogen (secondary N) is 1. The molecule has 0 atom stereocenters. The number of likely N-dealkylation sites (tertiary alicyclic amines) is 1. The fourth-order valence-corrected chi connectivity index (χ4v) is 3.76. The Morgan fingerprint density at radius 3 is 2.61 bits per heavy atom. The summed E-state index contributed by atoms with van der Waals surface area (Å²) in [4.78, 5) is 31.7. The zero-order valence-electron chi connectivity index (χ0n) is 16.2. The van der Waals surface area contributed by atoms with Gasteiger partial charge in [-0.3, -0.25) is 9.36 Å². The molecule has 1 saturated heterocycles. The third kappa shape index (κ3) is 3.50. The summed E-state index contributed by atoms with van der Waals surface area (Å²) in [5, 5.41) is 3.64. The molecule has 0 saturated carbocycles. The summed E-state index contributed by atoms with van der Waals surface area (Å²) >= 11 is 0. The monoisotopic (exact) mass is 376 g/mol. The minimum atomic E-state index is -0.0904. The molecule has 144 valence electrons. The molecule has 2 aromatic carbocycles. The van der Waals surface area contributed by atoms with Gasteiger partial charge >= 0.3 is 6.03 Å². The van der Waals surface area contributed by atoms with Gasteiger partial charge in [-0.25, -0.2) is 9.78 Å². The van der Waals surface area contributed by atoms with Gasteiger partial charge in [0.1, 0.15) is 0 Å². The van der Waals surface area contributed by atoms with E-state index in [1.165, 1.54) is 0 Å². The predicted molar refractivity (Wildman–Crippen MR) is 111 cm³/mol. The SMILES string of the molecule is Cc1ccc2ncn(C3CCN(C(=O)Nc4ccccc4C)CC3)c(=O)c2c1. The first-order valence-electron chi connectivity index (χ1n) is 9.62. The van der Waals surface area contributed by atoms with Crippen LogP contribution in [0.4, 0.5) is 10.5 Å². The van der Waals surface area contributed by atoms with Gasteiger partial charge in [0.25, 0.3) is 5.56 Å². The Kier molecular flexibility index (Phi) is 4.86. The number of nitrogens with zero attached hydrogens (tertiary/aromatic N) is 3. The second-order valence-electron chi connectivity index (χ2n) is 7.44. The summed E-state index contributed by atoms with van der Waals surface area (Å²) in [6.07, 6.45) is 3.12. The lowest BCUT2D eigenvalue weighted by molar-refractivity contribution is 0.182. The van der Waals surface area contributed by atoms with E-state index in [9.17, 15) is 9.59 Å². The number of rotatable bonds is 2. The Hall–Kier alpha value is -3.15. The highest BCUT2D eigenvalue weighted by atomic mass is 16.2. The van der Waals surface area contributed by atoms with Crippen molar-refractivity contribution in [1.29, 1.82) is 0 Å². The molecule has 1 aliphatic heterocycles. The van der Waals surface area contributed by atoms with E-state index in [2.05, 4.69) is 10.3 Å². The predicted octanol–water partition coefficient (Wildman–Crippen LogP) is 3.88. The second kappa shape index (κ2) is 7.46. The van der Waals surface area contributed by atoms with Gasteiger partial charge in [-0.2, -0.15) is 0 Å². The Bertz CT molecular complexity index is 1080. The average molecular weight is 376 g/mol. The van der Waals surface area contributed by atoms with Gasteiger partial charge in [0, 0.05) is 24.8 Å². The standard InChI is InChI=1S/C22H24N4O2/c1-15-7-8-20-18(13-15)21(27)26(14-23-20)17-9-11-25(12-10-17)22(28)24-19-6-4-3-5-16(19)2/h3-8,13-14,17H,9-12H2,1-2H3,(H,24,28). The van der Waals surface area contributed by atoms with Crippen molar-refractivity contribution in [1.82, 2.24) is 14.5 Å². The Morgan fingerprint density at radius 1 is 1.11 bits per heavy atom. The number of carbonyl (C=O) groups is 1. The maximum atomic E-state index is 12.9. The van der Waals surface area contributed by atoms with Crippen LogP contribution in [0.3, 0.4) is 0 Å². The van der Waals surface area contributed by atoms with Crippen molar-refractivity contribution in [3.63, 3.8) is 0 Å². The van der Waals surface area contributed by atoms with Crippen LogP contribution in [0.2, 0.25) is 0 Å². The number of urea groups is 1. The molecular weight excluding hydrogens is 352 g/mol. The first-order valence-corrected chi connectivity index (χ1v) is 9.62. The van der Waals surface area contributed by atoms with Crippen LogP contribution >= 0.6 is 0 Å². The number of benzene rings is 2. The third-order valence-corrected chi connectivity index (χ3v) is 5.47. The number of fused-ring (bicyclic) bond motifs is 1. The van der Waals surface area contributed by atoms with Gasteiger partial charge in [-0.05, 0) is 50.5 Å². The molecule has 3 aromatic rings. The van der Waals surface area contributed by atoms with Crippen molar-refractivity contribution in [3.05, 3.63) is 70.3 Å². The summed E-state index contributed by atoms with van der Waals surface area (Å²) in [5.41, 5.74) is 3.64. The molecule has 2 heterocycles. The topological polar surface area (TPSA) is 67.2 Å². The Labute approximate surface area is 163 Å². The molecule has 1 fully saturated rings. The van der Waals surface area contributed by atoms with Gasteiger partial charge in [0.15, 0.2) is 0 Å². The summed E-state index contributed by atoms with van der Waals surface area (Å²) in [6, 6.07) is 13.5. The smallest absolute Gasteiger partial charge is 0.321 e. The number of para-hydroxylation sites is 1. The van der Waals surface area contributed by atoms with E-state index in [1.807, 2.05) is 61.2 Å². The maximum Gasteiger partial charge on any atom is 0.321 e. The normalized spacial score (nSPS) is 15.0. The van der Waals surface area contributed by atoms with E-state index in [0.29, 0.717) is 18.5 Å². The van der Waals surface area contributed by atoms with E-state index >= 15 is 0 Å². The molecule has 0 unspecified atom stereocenters. The highest BCUT2D eigenvalue weighted by Gasteiger charge is 2.25. The number of anilines is 1. The van der Waals surface area contributed by atoms with E-state index in [1.54, 1.807) is 10.9 Å².